The van der Waals surface area contributed by atoms with Gasteiger partial charge in [0.25, 0.3) is 0 Å². The highest BCUT2D eigenvalue weighted by molar-refractivity contribution is 9.10. The van der Waals surface area contributed by atoms with Gasteiger partial charge in [-0.2, -0.15) is 13.2 Å². The zero-order chi connectivity index (χ0) is 9.41. The molecule has 0 saturated heterocycles. The third-order valence-electron chi connectivity index (χ3n) is 2.10. The Morgan fingerprint density at radius 1 is 1.58 bits per heavy atom. The smallest absolute Gasteiger partial charge is 0.171 e. The van der Waals surface area contributed by atoms with Crippen molar-refractivity contribution in [2.45, 2.75) is 29.8 Å². The molecule has 1 rings (SSSR count). The predicted molar refractivity (Wildman–Crippen MR) is 45.3 cm³/mol. The van der Waals surface area contributed by atoms with Gasteiger partial charge in [-0.1, -0.05) is 22.0 Å². The first-order valence-electron chi connectivity index (χ1n) is 3.74. The summed E-state index contributed by atoms with van der Waals surface area (Å²) in [5.74, 6) is 0.122. The van der Waals surface area contributed by atoms with Crippen molar-refractivity contribution in [3.8, 4) is 0 Å². The highest BCUT2D eigenvalue weighted by atomic mass is 79.9. The van der Waals surface area contributed by atoms with E-state index in [0.29, 0.717) is 12.8 Å². The zero-order valence-corrected chi connectivity index (χ0v) is 8.08. The Hall–Kier alpha value is 0.01000. The van der Waals surface area contributed by atoms with E-state index in [0.717, 1.165) is 0 Å². The third kappa shape index (κ3) is 2.51. The van der Waals surface area contributed by atoms with Gasteiger partial charge in [0.2, 0.25) is 0 Å². The van der Waals surface area contributed by atoms with E-state index in [9.17, 15) is 13.2 Å². The van der Waals surface area contributed by atoms with Gasteiger partial charge < -0.3 is 0 Å². The molecule has 0 amide bonds. The van der Waals surface area contributed by atoms with E-state index in [-0.39, 0.29) is 5.92 Å². The molecule has 2 unspecified atom stereocenters. The van der Waals surface area contributed by atoms with Crippen molar-refractivity contribution in [3.05, 3.63) is 12.7 Å². The number of halogens is 4. The molecule has 1 fully saturated rings. The summed E-state index contributed by atoms with van der Waals surface area (Å²) in [5, 5.41) is 0. The molecule has 12 heavy (non-hydrogen) atoms. The summed E-state index contributed by atoms with van der Waals surface area (Å²) in [7, 11) is 0. The molecule has 0 heterocycles. The van der Waals surface area contributed by atoms with E-state index in [1.165, 1.54) is 0 Å². The maximum atomic E-state index is 11.9. The fourth-order valence-electron chi connectivity index (χ4n) is 1.40. The predicted octanol–water partition coefficient (Wildman–Crippen LogP) is 3.67. The molecule has 1 aliphatic carbocycles. The lowest BCUT2D eigenvalue weighted by molar-refractivity contribution is -0.135. The van der Waals surface area contributed by atoms with Crippen LogP contribution in [0.4, 0.5) is 13.2 Å². The number of rotatable bonds is 3. The van der Waals surface area contributed by atoms with Gasteiger partial charge >= 0.3 is 6.18 Å². The quantitative estimate of drug-likeness (QED) is 0.524. The number of alkyl halides is 4. The van der Waals surface area contributed by atoms with Crippen LogP contribution in [0.2, 0.25) is 0 Å². The maximum absolute atomic E-state index is 11.9. The van der Waals surface area contributed by atoms with E-state index >= 15 is 0 Å². The first kappa shape index (κ1) is 10.1. The van der Waals surface area contributed by atoms with E-state index < -0.39 is 16.9 Å². The topological polar surface area (TPSA) is 0 Å². The molecule has 1 saturated carbocycles. The molecule has 0 aromatic rings. The fraction of sp³-hybridized carbons (Fsp3) is 0.750. The third-order valence-corrected chi connectivity index (χ3v) is 3.35. The lowest BCUT2D eigenvalue weighted by Crippen LogP contribution is -2.17. The van der Waals surface area contributed by atoms with Crippen LogP contribution in [-0.4, -0.2) is 10.5 Å². The number of hydrogen-bond acceptors (Lipinski definition) is 0. The van der Waals surface area contributed by atoms with Crippen molar-refractivity contribution in [3.63, 3.8) is 0 Å². The molecule has 70 valence electrons. The summed E-state index contributed by atoms with van der Waals surface area (Å²) in [6.07, 6.45) is -1.83. The lowest BCUT2D eigenvalue weighted by Gasteiger charge is -2.11. The van der Waals surface area contributed by atoms with E-state index in [2.05, 4.69) is 22.5 Å². The lowest BCUT2D eigenvalue weighted by atomic mass is 10.2. The Labute approximate surface area is 78.0 Å². The van der Waals surface area contributed by atoms with E-state index in [1.54, 1.807) is 6.08 Å². The van der Waals surface area contributed by atoms with Gasteiger partial charge in [0.1, 0.15) is 0 Å². The molecule has 0 radical (unpaired) electrons. The molecule has 0 aliphatic heterocycles. The van der Waals surface area contributed by atoms with Crippen LogP contribution < -0.4 is 0 Å². The largest absolute Gasteiger partial charge is 0.390 e. The Morgan fingerprint density at radius 3 is 2.58 bits per heavy atom. The van der Waals surface area contributed by atoms with Gasteiger partial charge in [0, 0.05) is 4.32 Å². The van der Waals surface area contributed by atoms with Crippen LogP contribution in [0.3, 0.4) is 0 Å². The van der Waals surface area contributed by atoms with Crippen molar-refractivity contribution in [2.75, 3.05) is 0 Å². The highest BCUT2D eigenvalue weighted by Gasteiger charge is 2.56. The Bertz CT molecular complexity index is 187. The Kier molecular flexibility index (Phi) is 2.57. The highest BCUT2D eigenvalue weighted by Crippen LogP contribution is 2.58. The molecule has 0 aromatic carbocycles. The number of hydrogen-bond donors (Lipinski definition) is 0. The van der Waals surface area contributed by atoms with E-state index in [4.69, 9.17) is 0 Å². The van der Waals surface area contributed by atoms with E-state index in [1.807, 2.05) is 0 Å². The van der Waals surface area contributed by atoms with Crippen LogP contribution in [0, 0.1) is 5.92 Å². The van der Waals surface area contributed by atoms with Crippen molar-refractivity contribution >= 4 is 15.9 Å². The average molecular weight is 243 g/mol. The van der Waals surface area contributed by atoms with Crippen molar-refractivity contribution < 1.29 is 13.2 Å². The standard InChI is InChI=1S/C8H10BrF3/c1-2-3-6-4-7(6,9)5-8(10,11)12/h2,6H,1,3-5H2. The summed E-state index contributed by atoms with van der Waals surface area (Å²) < 4.78 is 35.2. The minimum absolute atomic E-state index is 0.122. The molecule has 0 nitrogen and oxygen atoms in total. The summed E-state index contributed by atoms with van der Waals surface area (Å²) >= 11 is 3.13. The second-order valence-corrected chi connectivity index (χ2v) is 4.83. The summed E-state index contributed by atoms with van der Waals surface area (Å²) in [6.45, 7) is 3.50. The summed E-state index contributed by atoms with van der Waals surface area (Å²) in [5.41, 5.74) is 0. The average Bonchev–Trinajstić information content (AvgIpc) is 2.37. The van der Waals surface area contributed by atoms with Gasteiger partial charge in [0.15, 0.2) is 0 Å². The van der Waals surface area contributed by atoms with Crippen LogP contribution in [0.15, 0.2) is 12.7 Å². The molecular weight excluding hydrogens is 233 g/mol. The molecule has 0 aromatic heterocycles. The molecular formula is C8H10BrF3. The molecule has 0 bridgehead atoms. The summed E-state index contributed by atoms with van der Waals surface area (Å²) in [4.78, 5) is 0. The normalized spacial score (nSPS) is 34.8. The monoisotopic (exact) mass is 242 g/mol. The molecule has 0 N–H and O–H groups in total. The van der Waals surface area contributed by atoms with Gasteiger partial charge in [-0.15, -0.1) is 6.58 Å². The molecule has 2 atom stereocenters. The SMILES string of the molecule is C=CCC1CC1(Br)CC(F)(F)F. The van der Waals surface area contributed by atoms with Gasteiger partial charge in [-0.25, -0.2) is 0 Å². The minimum atomic E-state index is -4.06. The van der Waals surface area contributed by atoms with Crippen LogP contribution in [0.1, 0.15) is 19.3 Å². The Balaban J connectivity index is 2.40. The number of allylic oxidation sites excluding steroid dienone is 1. The van der Waals surface area contributed by atoms with Crippen LogP contribution in [0.25, 0.3) is 0 Å². The first-order chi connectivity index (χ1) is 5.37. The summed E-state index contributed by atoms with van der Waals surface area (Å²) in [6, 6.07) is 0. The molecule has 4 heteroatoms. The fourth-order valence-corrected chi connectivity index (χ4v) is 2.29. The first-order valence-corrected chi connectivity index (χ1v) is 4.53. The van der Waals surface area contributed by atoms with Gasteiger partial charge in [-0.3, -0.25) is 0 Å². The Morgan fingerprint density at radius 2 is 2.17 bits per heavy atom. The van der Waals surface area contributed by atoms with Crippen LogP contribution in [-0.2, 0) is 0 Å². The molecule has 0 spiro atoms. The minimum Gasteiger partial charge on any atom is -0.171 e. The van der Waals surface area contributed by atoms with Crippen LogP contribution in [0.5, 0.6) is 0 Å². The van der Waals surface area contributed by atoms with Gasteiger partial charge in [-0.05, 0) is 18.8 Å². The second kappa shape index (κ2) is 3.05. The van der Waals surface area contributed by atoms with Crippen molar-refractivity contribution in [1.29, 1.82) is 0 Å². The van der Waals surface area contributed by atoms with Crippen LogP contribution >= 0.6 is 15.9 Å². The second-order valence-electron chi connectivity index (χ2n) is 3.25. The van der Waals surface area contributed by atoms with Crippen molar-refractivity contribution in [1.82, 2.24) is 0 Å². The zero-order valence-electron chi connectivity index (χ0n) is 6.49. The maximum Gasteiger partial charge on any atom is 0.390 e. The van der Waals surface area contributed by atoms with Crippen molar-refractivity contribution in [2.24, 2.45) is 5.92 Å². The van der Waals surface area contributed by atoms with Gasteiger partial charge in [0.05, 0.1) is 6.42 Å². The molecule has 1 aliphatic rings.